The van der Waals surface area contributed by atoms with E-state index < -0.39 is 6.09 Å². The van der Waals surface area contributed by atoms with Gasteiger partial charge in [0.15, 0.2) is 0 Å². The molecule has 6 nitrogen and oxygen atoms in total. The minimum Gasteiger partial charge on any atom is -0.450 e. The number of carbonyl (C=O) groups is 2. The van der Waals surface area contributed by atoms with Crippen LogP contribution in [0.25, 0.3) is 0 Å². The second-order valence-electron chi connectivity index (χ2n) is 5.21. The average Bonchev–Trinajstić information content (AvgIpc) is 2.51. The number of alkyl carbamates (subject to hydrolysis) is 1. The van der Waals surface area contributed by atoms with Crippen molar-refractivity contribution in [3.05, 3.63) is 28.2 Å². The summed E-state index contributed by atoms with van der Waals surface area (Å²) in [5.74, 6) is 0. The smallest absolute Gasteiger partial charge is 0.407 e. The van der Waals surface area contributed by atoms with E-state index in [0.717, 1.165) is 12.8 Å². The summed E-state index contributed by atoms with van der Waals surface area (Å²) < 4.78 is 4.86. The van der Waals surface area contributed by atoms with E-state index in [0.29, 0.717) is 35.4 Å². The number of piperidine rings is 1. The number of ether oxygens (including phenoxy) is 1. The van der Waals surface area contributed by atoms with E-state index in [1.807, 2.05) is 0 Å². The quantitative estimate of drug-likeness (QED) is 0.863. The molecule has 2 rings (SSSR count). The molecular formula is C15H19Cl2N3O3. The summed E-state index contributed by atoms with van der Waals surface area (Å²) in [7, 11) is 0. The van der Waals surface area contributed by atoms with Crippen LogP contribution in [0.4, 0.5) is 15.3 Å². The zero-order chi connectivity index (χ0) is 16.8. The first-order valence-electron chi connectivity index (χ1n) is 7.44. The van der Waals surface area contributed by atoms with Gasteiger partial charge in [-0.3, -0.25) is 0 Å². The summed E-state index contributed by atoms with van der Waals surface area (Å²) in [4.78, 5) is 25.4. The van der Waals surface area contributed by atoms with Crippen LogP contribution in [0.1, 0.15) is 19.8 Å². The molecular weight excluding hydrogens is 341 g/mol. The molecule has 0 spiro atoms. The lowest BCUT2D eigenvalue weighted by molar-refractivity contribution is 0.137. The van der Waals surface area contributed by atoms with E-state index in [2.05, 4.69) is 10.6 Å². The third-order valence-electron chi connectivity index (χ3n) is 3.48. The first-order chi connectivity index (χ1) is 11.0. The van der Waals surface area contributed by atoms with Crippen LogP contribution in [0.5, 0.6) is 0 Å². The van der Waals surface area contributed by atoms with Gasteiger partial charge in [0, 0.05) is 24.8 Å². The summed E-state index contributed by atoms with van der Waals surface area (Å²) in [6.07, 6.45) is 1.17. The van der Waals surface area contributed by atoms with Crippen molar-refractivity contribution in [1.82, 2.24) is 10.2 Å². The number of nitrogens with zero attached hydrogens (tertiary/aromatic N) is 1. The number of halogens is 2. The molecule has 0 bridgehead atoms. The Labute approximate surface area is 145 Å². The van der Waals surface area contributed by atoms with Crippen LogP contribution in [-0.2, 0) is 4.74 Å². The van der Waals surface area contributed by atoms with E-state index in [1.54, 1.807) is 30.0 Å². The molecule has 1 aromatic rings. The Kier molecular flexibility index (Phi) is 6.36. The summed E-state index contributed by atoms with van der Waals surface area (Å²) in [6, 6.07) is 4.56. The molecule has 126 valence electrons. The summed E-state index contributed by atoms with van der Waals surface area (Å²) in [6.45, 7) is 3.14. The second kappa shape index (κ2) is 8.26. The van der Waals surface area contributed by atoms with Crippen LogP contribution < -0.4 is 10.6 Å². The Bertz CT molecular complexity index is 583. The van der Waals surface area contributed by atoms with Crippen LogP contribution in [0.15, 0.2) is 18.2 Å². The number of urea groups is 1. The van der Waals surface area contributed by atoms with Gasteiger partial charge in [0.05, 0.1) is 16.7 Å². The number of rotatable bonds is 3. The van der Waals surface area contributed by atoms with Crippen LogP contribution in [0.3, 0.4) is 0 Å². The first kappa shape index (κ1) is 17.7. The lowest BCUT2D eigenvalue weighted by Gasteiger charge is -2.32. The molecule has 3 amide bonds. The number of benzene rings is 1. The van der Waals surface area contributed by atoms with Crippen molar-refractivity contribution < 1.29 is 14.3 Å². The van der Waals surface area contributed by atoms with Crippen molar-refractivity contribution in [3.8, 4) is 0 Å². The predicted octanol–water partition coefficient (Wildman–Crippen LogP) is 3.74. The molecule has 8 heteroatoms. The van der Waals surface area contributed by atoms with Gasteiger partial charge in [0.25, 0.3) is 0 Å². The molecule has 0 saturated carbocycles. The van der Waals surface area contributed by atoms with Crippen molar-refractivity contribution in [2.24, 2.45) is 0 Å². The number of nitrogens with one attached hydrogen (secondary N) is 2. The zero-order valence-corrected chi connectivity index (χ0v) is 14.3. The summed E-state index contributed by atoms with van der Waals surface area (Å²) in [5.41, 5.74) is 0.574. The fourth-order valence-corrected chi connectivity index (χ4v) is 2.69. The van der Waals surface area contributed by atoms with Crippen molar-refractivity contribution in [3.63, 3.8) is 0 Å². The Hall–Kier alpha value is -1.66. The lowest BCUT2D eigenvalue weighted by Crippen LogP contribution is -2.50. The van der Waals surface area contributed by atoms with E-state index in [4.69, 9.17) is 27.9 Å². The maximum Gasteiger partial charge on any atom is 0.407 e. The third kappa shape index (κ3) is 5.18. The molecule has 1 unspecified atom stereocenters. The number of hydrogen-bond acceptors (Lipinski definition) is 3. The van der Waals surface area contributed by atoms with Gasteiger partial charge in [0.1, 0.15) is 0 Å². The van der Waals surface area contributed by atoms with Gasteiger partial charge in [0.2, 0.25) is 0 Å². The van der Waals surface area contributed by atoms with Gasteiger partial charge in [-0.05, 0) is 38.0 Å². The first-order valence-corrected chi connectivity index (χ1v) is 8.19. The Balaban J connectivity index is 1.91. The molecule has 1 fully saturated rings. The second-order valence-corrected chi connectivity index (χ2v) is 6.02. The monoisotopic (exact) mass is 359 g/mol. The fraction of sp³-hybridized carbons (Fsp3) is 0.467. The SMILES string of the molecule is CCOC(=O)NC1CCCN(C(=O)Nc2ccc(Cl)c(Cl)c2)C1. The van der Waals surface area contributed by atoms with Gasteiger partial charge < -0.3 is 20.3 Å². The molecule has 1 aliphatic heterocycles. The van der Waals surface area contributed by atoms with Crippen LogP contribution in [0.2, 0.25) is 10.0 Å². The Morgan fingerprint density at radius 1 is 1.35 bits per heavy atom. The minimum absolute atomic E-state index is 0.109. The highest BCUT2D eigenvalue weighted by atomic mass is 35.5. The maximum absolute atomic E-state index is 12.3. The highest BCUT2D eigenvalue weighted by Crippen LogP contribution is 2.25. The maximum atomic E-state index is 12.3. The highest BCUT2D eigenvalue weighted by molar-refractivity contribution is 6.42. The van der Waals surface area contributed by atoms with Gasteiger partial charge in [-0.1, -0.05) is 23.2 Å². The molecule has 1 atom stereocenters. The third-order valence-corrected chi connectivity index (χ3v) is 4.22. The number of anilines is 1. The van der Waals surface area contributed by atoms with Crippen LogP contribution >= 0.6 is 23.2 Å². The molecule has 0 aliphatic carbocycles. The lowest BCUT2D eigenvalue weighted by atomic mass is 10.1. The van der Waals surface area contributed by atoms with Crippen molar-refractivity contribution >= 4 is 41.0 Å². The Morgan fingerprint density at radius 2 is 2.13 bits per heavy atom. The highest BCUT2D eigenvalue weighted by Gasteiger charge is 2.25. The summed E-state index contributed by atoms with van der Waals surface area (Å²) >= 11 is 11.8. The molecule has 0 radical (unpaired) electrons. The molecule has 2 N–H and O–H groups in total. The van der Waals surface area contributed by atoms with E-state index in [1.165, 1.54) is 0 Å². The number of amides is 3. The van der Waals surface area contributed by atoms with Gasteiger partial charge in [-0.15, -0.1) is 0 Å². The largest absolute Gasteiger partial charge is 0.450 e. The van der Waals surface area contributed by atoms with E-state index in [9.17, 15) is 9.59 Å². The zero-order valence-electron chi connectivity index (χ0n) is 12.8. The molecule has 1 saturated heterocycles. The topological polar surface area (TPSA) is 70.7 Å². The standard InChI is InChI=1S/C15H19Cl2N3O3/c1-2-23-15(22)19-11-4-3-7-20(9-11)14(21)18-10-5-6-12(16)13(17)8-10/h5-6,8,11H,2-4,7,9H2,1H3,(H,18,21)(H,19,22). The average molecular weight is 360 g/mol. The van der Waals surface area contributed by atoms with Gasteiger partial charge in [-0.25, -0.2) is 9.59 Å². The Morgan fingerprint density at radius 3 is 2.83 bits per heavy atom. The van der Waals surface area contributed by atoms with Gasteiger partial charge in [-0.2, -0.15) is 0 Å². The van der Waals surface area contributed by atoms with Crippen molar-refractivity contribution in [2.75, 3.05) is 25.0 Å². The molecule has 23 heavy (non-hydrogen) atoms. The van der Waals surface area contributed by atoms with E-state index in [-0.39, 0.29) is 12.1 Å². The van der Waals surface area contributed by atoms with Crippen LogP contribution in [0, 0.1) is 0 Å². The van der Waals surface area contributed by atoms with E-state index >= 15 is 0 Å². The van der Waals surface area contributed by atoms with Crippen LogP contribution in [-0.4, -0.2) is 42.8 Å². The number of carbonyl (C=O) groups excluding carboxylic acids is 2. The number of hydrogen-bond donors (Lipinski definition) is 2. The van der Waals surface area contributed by atoms with Crippen molar-refractivity contribution in [1.29, 1.82) is 0 Å². The molecule has 1 aromatic carbocycles. The predicted molar refractivity (Wildman–Crippen MR) is 90.2 cm³/mol. The molecule has 1 aliphatic rings. The normalized spacial score (nSPS) is 17.5. The number of likely N-dealkylation sites (tertiary alicyclic amines) is 1. The molecule has 0 aromatic heterocycles. The fourth-order valence-electron chi connectivity index (χ4n) is 2.40. The molecule has 1 heterocycles. The van der Waals surface area contributed by atoms with Gasteiger partial charge >= 0.3 is 12.1 Å². The summed E-state index contributed by atoms with van der Waals surface area (Å²) in [5, 5.41) is 6.35. The minimum atomic E-state index is -0.454. The van der Waals surface area contributed by atoms with Crippen molar-refractivity contribution in [2.45, 2.75) is 25.8 Å².